The molecule has 3 aromatic heterocycles. The summed E-state index contributed by atoms with van der Waals surface area (Å²) in [5, 5.41) is 9.13. The summed E-state index contributed by atoms with van der Waals surface area (Å²) in [7, 11) is 0. The van der Waals surface area contributed by atoms with Crippen LogP contribution in [-0.2, 0) is 11.2 Å². The van der Waals surface area contributed by atoms with Crippen molar-refractivity contribution in [1.29, 1.82) is 0 Å². The van der Waals surface area contributed by atoms with Gasteiger partial charge < -0.3 is 10.1 Å². The Morgan fingerprint density at radius 2 is 2.23 bits per heavy atom. The molecule has 8 heteroatoms. The van der Waals surface area contributed by atoms with Gasteiger partial charge in [-0.15, -0.1) is 11.3 Å². The maximum Gasteiger partial charge on any atom is 0.227 e. The third-order valence-electron chi connectivity index (χ3n) is 5.53. The van der Waals surface area contributed by atoms with Crippen molar-refractivity contribution in [2.24, 2.45) is 0 Å². The molecule has 0 saturated carbocycles. The van der Waals surface area contributed by atoms with E-state index >= 15 is 0 Å². The van der Waals surface area contributed by atoms with Gasteiger partial charge in [0.25, 0.3) is 0 Å². The maximum atomic E-state index is 5.41. The van der Waals surface area contributed by atoms with Gasteiger partial charge in [0.1, 0.15) is 11.2 Å². The van der Waals surface area contributed by atoms with E-state index in [2.05, 4.69) is 27.2 Å². The SMILES string of the molecule is C[C@@H]1CCCc2sc3nc(NCCN4CCOCC4)n4ncnc4c3c21. The Morgan fingerprint density at radius 3 is 3.12 bits per heavy atom. The highest BCUT2D eigenvalue weighted by Gasteiger charge is 2.26. The Balaban J connectivity index is 1.47. The topological polar surface area (TPSA) is 67.6 Å². The van der Waals surface area contributed by atoms with Crippen LogP contribution in [0.3, 0.4) is 0 Å². The number of ether oxygens (including phenoxy) is 1. The van der Waals surface area contributed by atoms with E-state index in [9.17, 15) is 0 Å². The number of aryl methyl sites for hydroxylation is 1. The summed E-state index contributed by atoms with van der Waals surface area (Å²) in [6.07, 6.45) is 5.33. The molecule has 2 aliphatic rings. The molecule has 1 fully saturated rings. The number of fused-ring (bicyclic) bond motifs is 5. The first-order chi connectivity index (χ1) is 12.8. The number of nitrogens with one attached hydrogen (secondary N) is 1. The zero-order chi connectivity index (χ0) is 17.5. The molecule has 1 aliphatic heterocycles. The fourth-order valence-corrected chi connectivity index (χ4v) is 5.50. The second-order valence-corrected chi connectivity index (χ2v) is 8.31. The van der Waals surface area contributed by atoms with Gasteiger partial charge in [-0.25, -0.2) is 9.97 Å². The van der Waals surface area contributed by atoms with Crippen LogP contribution >= 0.6 is 11.3 Å². The lowest BCUT2D eigenvalue weighted by Crippen LogP contribution is -2.39. The highest BCUT2D eigenvalue weighted by Crippen LogP contribution is 2.43. The Morgan fingerprint density at radius 1 is 1.35 bits per heavy atom. The summed E-state index contributed by atoms with van der Waals surface area (Å²) in [6, 6.07) is 0. The molecule has 7 nitrogen and oxygen atoms in total. The van der Waals surface area contributed by atoms with Gasteiger partial charge in [0.2, 0.25) is 5.95 Å². The molecule has 1 N–H and O–H groups in total. The van der Waals surface area contributed by atoms with Crippen LogP contribution in [0.25, 0.3) is 15.9 Å². The summed E-state index contributed by atoms with van der Waals surface area (Å²) in [6.45, 7) is 7.81. The Kier molecular flexibility index (Phi) is 4.26. The molecule has 0 amide bonds. The van der Waals surface area contributed by atoms with Crippen molar-refractivity contribution >= 4 is 33.1 Å². The minimum absolute atomic E-state index is 0.579. The molecule has 0 bridgehead atoms. The van der Waals surface area contributed by atoms with E-state index in [1.807, 2.05) is 15.9 Å². The van der Waals surface area contributed by atoms with Crippen LogP contribution in [0.1, 0.15) is 36.1 Å². The molecule has 0 aromatic carbocycles. The minimum atomic E-state index is 0.579. The van der Waals surface area contributed by atoms with E-state index in [4.69, 9.17) is 9.72 Å². The number of thiophene rings is 1. The summed E-state index contributed by atoms with van der Waals surface area (Å²) in [5.41, 5.74) is 2.40. The summed E-state index contributed by atoms with van der Waals surface area (Å²) >= 11 is 1.84. The molecular formula is C18H24N6OS. The lowest BCUT2D eigenvalue weighted by Gasteiger charge is -2.26. The lowest BCUT2D eigenvalue weighted by atomic mass is 9.87. The fraction of sp³-hybridized carbons (Fsp3) is 0.611. The van der Waals surface area contributed by atoms with E-state index in [1.54, 1.807) is 6.33 Å². The average molecular weight is 372 g/mol. The second-order valence-electron chi connectivity index (χ2n) is 7.22. The number of anilines is 1. The number of morpholine rings is 1. The zero-order valence-electron chi connectivity index (χ0n) is 15.1. The quantitative estimate of drug-likeness (QED) is 0.759. The van der Waals surface area contributed by atoms with Gasteiger partial charge in [0.05, 0.1) is 18.6 Å². The van der Waals surface area contributed by atoms with E-state index in [0.717, 1.165) is 55.8 Å². The minimum Gasteiger partial charge on any atom is -0.379 e. The van der Waals surface area contributed by atoms with Crippen molar-refractivity contribution in [3.05, 3.63) is 16.8 Å². The van der Waals surface area contributed by atoms with Crippen molar-refractivity contribution < 1.29 is 4.74 Å². The van der Waals surface area contributed by atoms with E-state index in [-0.39, 0.29) is 0 Å². The largest absolute Gasteiger partial charge is 0.379 e. The monoisotopic (exact) mass is 372 g/mol. The Bertz CT molecular complexity index is 929. The van der Waals surface area contributed by atoms with Crippen molar-refractivity contribution in [1.82, 2.24) is 24.5 Å². The molecule has 1 atom stereocenters. The first-order valence-electron chi connectivity index (χ1n) is 9.50. The maximum absolute atomic E-state index is 5.41. The number of aromatic nitrogens is 4. The lowest BCUT2D eigenvalue weighted by molar-refractivity contribution is 0.0398. The van der Waals surface area contributed by atoms with Crippen LogP contribution in [-0.4, -0.2) is 63.9 Å². The van der Waals surface area contributed by atoms with Crippen molar-refractivity contribution in [2.75, 3.05) is 44.7 Å². The van der Waals surface area contributed by atoms with Crippen LogP contribution in [0.15, 0.2) is 6.33 Å². The first kappa shape index (κ1) is 16.4. The summed E-state index contributed by atoms with van der Waals surface area (Å²) < 4.78 is 7.28. The van der Waals surface area contributed by atoms with Gasteiger partial charge >= 0.3 is 0 Å². The molecule has 3 aromatic rings. The summed E-state index contributed by atoms with van der Waals surface area (Å²) in [4.78, 5) is 14.5. The molecule has 138 valence electrons. The second kappa shape index (κ2) is 6.75. The Labute approximate surface area is 156 Å². The van der Waals surface area contributed by atoms with E-state index < -0.39 is 0 Å². The van der Waals surface area contributed by atoms with Crippen LogP contribution < -0.4 is 5.32 Å². The smallest absolute Gasteiger partial charge is 0.227 e. The van der Waals surface area contributed by atoms with Crippen LogP contribution in [0.2, 0.25) is 0 Å². The van der Waals surface area contributed by atoms with Crippen LogP contribution in [0, 0.1) is 0 Å². The molecule has 1 aliphatic carbocycles. The number of nitrogens with zero attached hydrogens (tertiary/aromatic N) is 5. The van der Waals surface area contributed by atoms with Gasteiger partial charge in [-0.2, -0.15) is 9.61 Å². The van der Waals surface area contributed by atoms with Crippen molar-refractivity contribution in [3.8, 4) is 0 Å². The first-order valence-corrected chi connectivity index (χ1v) is 10.3. The van der Waals surface area contributed by atoms with Crippen LogP contribution in [0.4, 0.5) is 5.95 Å². The highest BCUT2D eigenvalue weighted by molar-refractivity contribution is 7.19. The third-order valence-corrected chi connectivity index (χ3v) is 6.69. The molecule has 0 radical (unpaired) electrons. The van der Waals surface area contributed by atoms with Gasteiger partial charge in [0, 0.05) is 31.1 Å². The predicted molar refractivity (Wildman–Crippen MR) is 103 cm³/mol. The van der Waals surface area contributed by atoms with Gasteiger partial charge in [-0.3, -0.25) is 4.90 Å². The normalized spacial score (nSPS) is 21.3. The zero-order valence-corrected chi connectivity index (χ0v) is 15.9. The molecule has 26 heavy (non-hydrogen) atoms. The average Bonchev–Trinajstić information content (AvgIpc) is 3.27. The molecule has 5 rings (SSSR count). The summed E-state index contributed by atoms with van der Waals surface area (Å²) in [5.74, 6) is 1.37. The molecule has 0 unspecified atom stereocenters. The molecule has 1 saturated heterocycles. The third kappa shape index (κ3) is 2.76. The molecular weight excluding hydrogens is 348 g/mol. The fourth-order valence-electron chi connectivity index (χ4n) is 4.17. The van der Waals surface area contributed by atoms with Gasteiger partial charge in [-0.05, 0) is 30.7 Å². The number of hydrogen-bond acceptors (Lipinski definition) is 7. The van der Waals surface area contributed by atoms with Crippen molar-refractivity contribution in [3.63, 3.8) is 0 Å². The predicted octanol–water partition coefficient (Wildman–Crippen LogP) is 2.52. The molecule has 0 spiro atoms. The number of rotatable bonds is 4. The van der Waals surface area contributed by atoms with Crippen LogP contribution in [0.5, 0.6) is 0 Å². The number of hydrogen-bond donors (Lipinski definition) is 1. The van der Waals surface area contributed by atoms with Crippen molar-refractivity contribution in [2.45, 2.75) is 32.1 Å². The van der Waals surface area contributed by atoms with E-state index in [1.165, 1.54) is 35.1 Å². The standard InChI is InChI=1S/C18H24N6OS/c1-12-3-2-4-13-14(12)15-16-20-11-21-24(16)18(22-17(15)26-13)19-5-6-23-7-9-25-10-8-23/h11-12H,2-10H2,1H3,(H,19,22)/t12-/m1/s1. The molecule has 4 heterocycles. The highest BCUT2D eigenvalue weighted by atomic mass is 32.1. The van der Waals surface area contributed by atoms with E-state index in [0.29, 0.717) is 5.92 Å². The Hall–Kier alpha value is -1.77. The van der Waals surface area contributed by atoms with Gasteiger partial charge in [-0.1, -0.05) is 6.92 Å². The van der Waals surface area contributed by atoms with Gasteiger partial charge in [0.15, 0.2) is 5.65 Å².